The number of aryl methyl sites for hydroxylation is 3. The molecule has 1 aliphatic carbocycles. The molecule has 136 valence electrons. The van der Waals surface area contributed by atoms with Crippen molar-refractivity contribution in [2.75, 3.05) is 27.7 Å². The molecule has 0 spiro atoms. The van der Waals surface area contributed by atoms with Crippen LogP contribution in [0.25, 0.3) is 10.2 Å². The maximum absolute atomic E-state index is 12.9. The topological polar surface area (TPSA) is 74.7 Å². The van der Waals surface area contributed by atoms with Crippen molar-refractivity contribution in [3.63, 3.8) is 0 Å². The molecule has 2 heterocycles. The number of methoxy groups -OCH3 is 1. The SMILES string of the molecule is COC(=O)Cn1c(=O)c2c3c(sc2n(CCC[NH+](C)C)c1=O)CCC3. The lowest BCUT2D eigenvalue weighted by molar-refractivity contribution is -0.858. The van der Waals surface area contributed by atoms with Crippen LogP contribution in [0.1, 0.15) is 23.3 Å². The Hall–Kier alpha value is -1.93. The second-order valence-electron chi connectivity index (χ2n) is 6.75. The third-order valence-electron chi connectivity index (χ3n) is 4.64. The standard InChI is InChI=1S/C17H23N3O4S/c1-18(2)8-5-9-19-16-14(11-6-4-7-12(11)25-16)15(22)20(17(19)23)10-13(21)24-3/h4-10H2,1-3H3/p+1. The van der Waals surface area contributed by atoms with Crippen LogP contribution in [-0.4, -0.2) is 42.9 Å². The Morgan fingerprint density at radius 1 is 1.24 bits per heavy atom. The number of carbonyl (C=O) groups is 1. The number of nitrogens with zero attached hydrogens (tertiary/aromatic N) is 2. The van der Waals surface area contributed by atoms with Gasteiger partial charge in [0.2, 0.25) is 0 Å². The molecule has 7 nitrogen and oxygen atoms in total. The van der Waals surface area contributed by atoms with Gasteiger partial charge >= 0.3 is 11.7 Å². The Labute approximate surface area is 149 Å². The summed E-state index contributed by atoms with van der Waals surface area (Å²) < 4.78 is 7.36. The van der Waals surface area contributed by atoms with E-state index in [-0.39, 0.29) is 12.1 Å². The molecule has 0 amide bonds. The van der Waals surface area contributed by atoms with Gasteiger partial charge in [0.25, 0.3) is 5.56 Å². The zero-order valence-corrected chi connectivity index (χ0v) is 15.7. The number of esters is 1. The molecule has 2 aromatic rings. The van der Waals surface area contributed by atoms with Crippen molar-refractivity contribution in [1.82, 2.24) is 9.13 Å². The van der Waals surface area contributed by atoms with Gasteiger partial charge in [-0.2, -0.15) is 0 Å². The van der Waals surface area contributed by atoms with Crippen LogP contribution >= 0.6 is 11.3 Å². The number of thiophene rings is 1. The van der Waals surface area contributed by atoms with Crippen molar-refractivity contribution in [1.29, 1.82) is 0 Å². The van der Waals surface area contributed by atoms with E-state index in [0.717, 1.165) is 47.2 Å². The van der Waals surface area contributed by atoms with Crippen LogP contribution in [0.2, 0.25) is 0 Å². The molecule has 0 saturated carbocycles. The van der Waals surface area contributed by atoms with Crippen LogP contribution < -0.4 is 16.1 Å². The molecule has 0 fully saturated rings. The average molecular weight is 366 g/mol. The number of rotatable bonds is 6. The Balaban J connectivity index is 2.16. The van der Waals surface area contributed by atoms with Gasteiger partial charge in [0.05, 0.1) is 33.1 Å². The Kier molecular flexibility index (Phi) is 5.10. The summed E-state index contributed by atoms with van der Waals surface area (Å²) >= 11 is 1.56. The van der Waals surface area contributed by atoms with Crippen LogP contribution in [0.5, 0.6) is 0 Å². The highest BCUT2D eigenvalue weighted by Gasteiger charge is 2.25. The average Bonchev–Trinajstić information content (AvgIpc) is 3.14. The summed E-state index contributed by atoms with van der Waals surface area (Å²) in [4.78, 5) is 40.7. The Bertz CT molecular complexity index is 923. The van der Waals surface area contributed by atoms with Crippen LogP contribution in [0.3, 0.4) is 0 Å². The molecule has 0 unspecified atom stereocenters. The molecule has 0 bridgehead atoms. The van der Waals surface area contributed by atoms with Crippen molar-refractivity contribution >= 4 is 27.5 Å². The van der Waals surface area contributed by atoms with Gasteiger partial charge in [0.15, 0.2) is 0 Å². The fraction of sp³-hybridized carbons (Fsp3) is 0.588. The second-order valence-corrected chi connectivity index (χ2v) is 7.83. The summed E-state index contributed by atoms with van der Waals surface area (Å²) in [6, 6.07) is 0. The third kappa shape index (κ3) is 3.28. The van der Waals surface area contributed by atoms with Crippen LogP contribution in [0, 0.1) is 0 Å². The maximum atomic E-state index is 12.9. The predicted molar refractivity (Wildman–Crippen MR) is 96.7 cm³/mol. The largest absolute Gasteiger partial charge is 0.468 e. The van der Waals surface area contributed by atoms with Gasteiger partial charge in [0.1, 0.15) is 11.4 Å². The Morgan fingerprint density at radius 2 is 2.00 bits per heavy atom. The smallest absolute Gasteiger partial charge is 0.332 e. The number of quaternary nitrogens is 1. The zero-order chi connectivity index (χ0) is 18.1. The molecule has 1 aliphatic rings. The van der Waals surface area contributed by atoms with Crippen LogP contribution in [-0.2, 0) is 35.5 Å². The van der Waals surface area contributed by atoms with Gasteiger partial charge < -0.3 is 9.64 Å². The molecule has 25 heavy (non-hydrogen) atoms. The van der Waals surface area contributed by atoms with E-state index in [4.69, 9.17) is 0 Å². The first-order valence-electron chi connectivity index (χ1n) is 8.57. The summed E-state index contributed by atoms with van der Waals surface area (Å²) in [6.45, 7) is 1.13. The fourth-order valence-electron chi connectivity index (χ4n) is 3.38. The van der Waals surface area contributed by atoms with Gasteiger partial charge in [0, 0.05) is 17.8 Å². The number of hydrogen-bond donors (Lipinski definition) is 1. The van der Waals surface area contributed by atoms with E-state index in [9.17, 15) is 14.4 Å². The normalized spacial score (nSPS) is 13.6. The van der Waals surface area contributed by atoms with E-state index in [2.05, 4.69) is 18.8 Å². The number of aromatic nitrogens is 2. The van der Waals surface area contributed by atoms with Crippen LogP contribution in [0.4, 0.5) is 0 Å². The summed E-state index contributed by atoms with van der Waals surface area (Å²) in [5.41, 5.74) is 0.284. The van der Waals surface area contributed by atoms with E-state index in [1.165, 1.54) is 16.9 Å². The highest BCUT2D eigenvalue weighted by atomic mass is 32.1. The Morgan fingerprint density at radius 3 is 2.68 bits per heavy atom. The summed E-state index contributed by atoms with van der Waals surface area (Å²) in [7, 11) is 5.39. The van der Waals surface area contributed by atoms with E-state index >= 15 is 0 Å². The molecule has 0 atom stereocenters. The van der Waals surface area contributed by atoms with Crippen molar-refractivity contribution < 1.29 is 14.4 Å². The van der Waals surface area contributed by atoms with Crippen molar-refractivity contribution in [2.45, 2.75) is 38.8 Å². The molecule has 0 aromatic carbocycles. The quantitative estimate of drug-likeness (QED) is 0.695. The first-order valence-corrected chi connectivity index (χ1v) is 9.39. The molecule has 1 N–H and O–H groups in total. The first kappa shape index (κ1) is 17.9. The highest BCUT2D eigenvalue weighted by molar-refractivity contribution is 7.18. The number of nitrogens with one attached hydrogen (secondary N) is 1. The lowest BCUT2D eigenvalue weighted by Gasteiger charge is -2.13. The molecule has 3 rings (SSSR count). The van der Waals surface area contributed by atoms with E-state index in [0.29, 0.717) is 11.9 Å². The maximum Gasteiger partial charge on any atom is 0.332 e. The molecule has 8 heteroatoms. The monoisotopic (exact) mass is 366 g/mol. The van der Waals surface area contributed by atoms with Gasteiger partial charge in [-0.15, -0.1) is 11.3 Å². The van der Waals surface area contributed by atoms with E-state index < -0.39 is 11.7 Å². The minimum Gasteiger partial charge on any atom is -0.468 e. The fourth-order valence-corrected chi connectivity index (χ4v) is 4.78. The van der Waals surface area contributed by atoms with Gasteiger partial charge in [-0.05, 0) is 24.8 Å². The minimum absolute atomic E-state index is 0.340. The summed E-state index contributed by atoms with van der Waals surface area (Å²) in [6.07, 6.45) is 3.69. The third-order valence-corrected chi connectivity index (χ3v) is 5.96. The number of fused-ring (bicyclic) bond motifs is 3. The van der Waals surface area contributed by atoms with Gasteiger partial charge in [-0.25, -0.2) is 9.36 Å². The lowest BCUT2D eigenvalue weighted by atomic mass is 10.2. The summed E-state index contributed by atoms with van der Waals surface area (Å²) in [5, 5.41) is 0.623. The molecular weight excluding hydrogens is 342 g/mol. The molecule has 0 aliphatic heterocycles. The molecule has 2 aromatic heterocycles. The van der Waals surface area contributed by atoms with Crippen molar-refractivity contribution in [3.05, 3.63) is 31.3 Å². The van der Waals surface area contributed by atoms with Gasteiger partial charge in [-0.1, -0.05) is 0 Å². The predicted octanol–water partition coefficient (Wildman–Crippen LogP) is -0.579. The van der Waals surface area contributed by atoms with E-state index in [1.54, 1.807) is 15.9 Å². The number of carbonyl (C=O) groups excluding carboxylic acids is 1. The number of hydrogen-bond acceptors (Lipinski definition) is 5. The van der Waals surface area contributed by atoms with Gasteiger partial charge in [-0.3, -0.25) is 14.2 Å². The second kappa shape index (κ2) is 7.13. The van der Waals surface area contributed by atoms with Crippen molar-refractivity contribution in [2.24, 2.45) is 0 Å². The highest BCUT2D eigenvalue weighted by Crippen LogP contribution is 2.35. The minimum atomic E-state index is -0.588. The molecule has 0 radical (unpaired) electrons. The summed E-state index contributed by atoms with van der Waals surface area (Å²) in [5.74, 6) is -0.588. The lowest BCUT2D eigenvalue weighted by Crippen LogP contribution is -3.05. The molecular formula is C17H24N3O4S+. The number of ether oxygens (including phenoxy) is 1. The van der Waals surface area contributed by atoms with Crippen molar-refractivity contribution in [3.8, 4) is 0 Å². The molecule has 0 saturated heterocycles. The van der Waals surface area contributed by atoms with E-state index in [1.807, 2.05) is 0 Å². The van der Waals surface area contributed by atoms with Crippen LogP contribution in [0.15, 0.2) is 9.59 Å². The first-order chi connectivity index (χ1) is 11.9. The zero-order valence-electron chi connectivity index (χ0n) is 14.9.